The summed E-state index contributed by atoms with van der Waals surface area (Å²) in [5.41, 5.74) is 2.25. The Morgan fingerprint density at radius 2 is 1.88 bits per heavy atom. The average molecular weight is 453 g/mol. The minimum absolute atomic E-state index is 0.0905. The zero-order valence-electron chi connectivity index (χ0n) is 18.4. The summed E-state index contributed by atoms with van der Waals surface area (Å²) >= 11 is 1.45. The molecule has 0 saturated carbocycles. The van der Waals surface area contributed by atoms with Gasteiger partial charge in [-0.2, -0.15) is 0 Å². The highest BCUT2D eigenvalue weighted by Gasteiger charge is 2.29. The number of fused-ring (bicyclic) bond motifs is 1. The van der Waals surface area contributed by atoms with E-state index in [-0.39, 0.29) is 17.1 Å². The Kier molecular flexibility index (Phi) is 6.84. The van der Waals surface area contributed by atoms with Crippen molar-refractivity contribution in [3.8, 4) is 0 Å². The maximum atomic E-state index is 12.8. The van der Waals surface area contributed by atoms with Crippen LogP contribution >= 0.6 is 11.8 Å². The van der Waals surface area contributed by atoms with Crippen LogP contribution in [0, 0.1) is 5.92 Å². The van der Waals surface area contributed by atoms with Crippen molar-refractivity contribution in [3.05, 3.63) is 59.7 Å². The number of thioether (sulfide) groups is 1. The molecule has 168 valence electrons. The molecule has 0 radical (unpaired) electrons. The number of carbonyl (C=O) groups excluding carboxylic acids is 3. The van der Waals surface area contributed by atoms with Crippen LogP contribution in [-0.4, -0.2) is 47.1 Å². The van der Waals surface area contributed by atoms with E-state index in [1.54, 1.807) is 30.0 Å². The Morgan fingerprint density at radius 1 is 1.16 bits per heavy atom. The zero-order chi connectivity index (χ0) is 22.7. The van der Waals surface area contributed by atoms with Gasteiger partial charge >= 0.3 is 5.97 Å². The number of nitrogens with zero attached hydrogens (tertiary/aromatic N) is 1. The standard InChI is InChI=1S/C25H28N2O4S/c1-16(24(29)27-12-10-19(11-13-27)14-18-6-4-3-5-7-18)31-25(30)20-8-9-22-21(15-20)26-23(28)17(2)32-22/h3-9,15-17,19H,10-14H2,1-2H3,(H,26,28). The van der Waals surface area contributed by atoms with Crippen molar-refractivity contribution in [2.45, 2.75) is 49.4 Å². The second-order valence-electron chi connectivity index (χ2n) is 8.47. The van der Waals surface area contributed by atoms with Crippen molar-refractivity contribution in [1.29, 1.82) is 0 Å². The summed E-state index contributed by atoms with van der Waals surface area (Å²) in [4.78, 5) is 40.1. The maximum absolute atomic E-state index is 12.8. The van der Waals surface area contributed by atoms with Gasteiger partial charge in [-0.3, -0.25) is 9.59 Å². The Morgan fingerprint density at radius 3 is 2.59 bits per heavy atom. The molecule has 2 aromatic carbocycles. The van der Waals surface area contributed by atoms with Crippen LogP contribution in [0.1, 0.15) is 42.6 Å². The number of carbonyl (C=O) groups is 3. The highest BCUT2D eigenvalue weighted by Crippen LogP contribution is 2.36. The summed E-state index contributed by atoms with van der Waals surface area (Å²) in [6.45, 7) is 4.81. The van der Waals surface area contributed by atoms with E-state index in [0.29, 0.717) is 30.3 Å². The van der Waals surface area contributed by atoms with Gasteiger partial charge in [0.2, 0.25) is 5.91 Å². The molecule has 1 fully saturated rings. The summed E-state index contributed by atoms with van der Waals surface area (Å²) in [7, 11) is 0. The molecule has 32 heavy (non-hydrogen) atoms. The van der Waals surface area contributed by atoms with Gasteiger partial charge in [0.1, 0.15) is 0 Å². The molecule has 1 N–H and O–H groups in total. The smallest absolute Gasteiger partial charge is 0.338 e. The molecule has 0 aliphatic carbocycles. The molecule has 2 heterocycles. The number of nitrogens with one attached hydrogen (secondary N) is 1. The number of esters is 1. The minimum Gasteiger partial charge on any atom is -0.449 e. The molecule has 2 aliphatic rings. The van der Waals surface area contributed by atoms with E-state index in [4.69, 9.17) is 4.74 Å². The molecule has 0 bridgehead atoms. The molecule has 0 aromatic heterocycles. The number of hydrogen-bond donors (Lipinski definition) is 1. The highest BCUT2D eigenvalue weighted by atomic mass is 32.2. The van der Waals surface area contributed by atoms with Gasteiger partial charge in [-0.25, -0.2) is 4.79 Å². The van der Waals surface area contributed by atoms with Gasteiger partial charge in [-0.05, 0) is 62.8 Å². The van der Waals surface area contributed by atoms with Gasteiger partial charge in [0, 0.05) is 18.0 Å². The van der Waals surface area contributed by atoms with E-state index < -0.39 is 12.1 Å². The molecule has 1 saturated heterocycles. The molecular weight excluding hydrogens is 424 g/mol. The van der Waals surface area contributed by atoms with Gasteiger partial charge in [0.15, 0.2) is 6.10 Å². The van der Waals surface area contributed by atoms with Crippen molar-refractivity contribution in [2.24, 2.45) is 5.92 Å². The first-order valence-corrected chi connectivity index (χ1v) is 11.9. The quantitative estimate of drug-likeness (QED) is 0.690. The van der Waals surface area contributed by atoms with E-state index in [0.717, 1.165) is 24.2 Å². The lowest BCUT2D eigenvalue weighted by atomic mass is 9.90. The summed E-state index contributed by atoms with van der Waals surface area (Å²) in [6.07, 6.45) is 2.07. The van der Waals surface area contributed by atoms with Gasteiger partial charge in [0.25, 0.3) is 5.91 Å². The van der Waals surface area contributed by atoms with Crippen LogP contribution in [0.25, 0.3) is 0 Å². The molecule has 6 nitrogen and oxygen atoms in total. The summed E-state index contributed by atoms with van der Waals surface area (Å²) in [5.74, 6) is -0.254. The predicted molar refractivity (Wildman–Crippen MR) is 125 cm³/mol. The number of amides is 2. The highest BCUT2D eigenvalue weighted by molar-refractivity contribution is 8.00. The second-order valence-corrected chi connectivity index (χ2v) is 9.85. The van der Waals surface area contributed by atoms with Gasteiger partial charge in [-0.15, -0.1) is 11.8 Å². The van der Waals surface area contributed by atoms with Crippen molar-refractivity contribution >= 4 is 35.2 Å². The largest absolute Gasteiger partial charge is 0.449 e. The normalized spacial score (nSPS) is 19.6. The number of ether oxygens (including phenoxy) is 1. The fraction of sp³-hybridized carbons (Fsp3) is 0.400. The lowest BCUT2D eigenvalue weighted by Gasteiger charge is -2.33. The first kappa shape index (κ1) is 22.4. The zero-order valence-corrected chi connectivity index (χ0v) is 19.2. The fourth-order valence-corrected chi connectivity index (χ4v) is 5.11. The van der Waals surface area contributed by atoms with Gasteiger partial charge in [0.05, 0.1) is 16.5 Å². The molecule has 0 spiro atoms. The number of rotatable bonds is 5. The lowest BCUT2D eigenvalue weighted by molar-refractivity contribution is -0.141. The maximum Gasteiger partial charge on any atom is 0.338 e. The monoisotopic (exact) mass is 452 g/mol. The van der Waals surface area contributed by atoms with Gasteiger partial charge < -0.3 is 15.0 Å². The summed E-state index contributed by atoms with van der Waals surface area (Å²) in [5, 5.41) is 2.64. The van der Waals surface area contributed by atoms with Crippen molar-refractivity contribution in [2.75, 3.05) is 18.4 Å². The molecule has 2 amide bonds. The van der Waals surface area contributed by atoms with Crippen LogP contribution in [0.2, 0.25) is 0 Å². The summed E-state index contributed by atoms with van der Waals surface area (Å²) in [6, 6.07) is 15.5. The van der Waals surface area contributed by atoms with Crippen molar-refractivity contribution in [3.63, 3.8) is 0 Å². The third-order valence-corrected chi connectivity index (χ3v) is 7.25. The van der Waals surface area contributed by atoms with Crippen LogP contribution in [0.15, 0.2) is 53.4 Å². The number of piperidine rings is 1. The molecule has 4 rings (SSSR count). The third-order valence-electron chi connectivity index (χ3n) is 6.07. The number of benzene rings is 2. The van der Waals surface area contributed by atoms with Crippen molar-refractivity contribution < 1.29 is 19.1 Å². The number of likely N-dealkylation sites (tertiary alicyclic amines) is 1. The SMILES string of the molecule is CC(OC(=O)c1ccc2c(c1)NC(=O)C(C)S2)C(=O)N1CCC(Cc2ccccc2)CC1. The fourth-order valence-electron chi connectivity index (χ4n) is 4.18. The Balaban J connectivity index is 1.30. The van der Waals surface area contributed by atoms with E-state index >= 15 is 0 Å². The number of hydrogen-bond acceptors (Lipinski definition) is 5. The van der Waals surface area contributed by atoms with Crippen LogP contribution in [0.4, 0.5) is 5.69 Å². The average Bonchev–Trinajstić information content (AvgIpc) is 2.80. The van der Waals surface area contributed by atoms with Crippen molar-refractivity contribution in [1.82, 2.24) is 4.90 Å². The van der Waals surface area contributed by atoms with E-state index in [1.165, 1.54) is 17.3 Å². The lowest BCUT2D eigenvalue weighted by Crippen LogP contribution is -2.44. The topological polar surface area (TPSA) is 75.7 Å². The molecular formula is C25H28N2O4S. The van der Waals surface area contributed by atoms with E-state index in [9.17, 15) is 14.4 Å². The predicted octanol–water partition coefficient (Wildman–Crippen LogP) is 4.15. The first-order valence-electron chi connectivity index (χ1n) is 11.1. The summed E-state index contributed by atoms with van der Waals surface area (Å²) < 4.78 is 5.46. The van der Waals surface area contributed by atoms with E-state index in [1.807, 2.05) is 13.0 Å². The third kappa shape index (κ3) is 5.15. The molecule has 2 aliphatic heterocycles. The van der Waals surface area contributed by atoms with Crippen LogP contribution in [0.5, 0.6) is 0 Å². The molecule has 2 unspecified atom stereocenters. The Bertz CT molecular complexity index is 1000. The van der Waals surface area contributed by atoms with Crippen LogP contribution < -0.4 is 5.32 Å². The van der Waals surface area contributed by atoms with Crippen LogP contribution in [0.3, 0.4) is 0 Å². The first-order chi connectivity index (χ1) is 15.4. The molecule has 2 aromatic rings. The van der Waals surface area contributed by atoms with Gasteiger partial charge in [-0.1, -0.05) is 30.3 Å². The van der Waals surface area contributed by atoms with Crippen LogP contribution in [-0.2, 0) is 20.7 Å². The second kappa shape index (κ2) is 9.77. The molecule has 2 atom stereocenters. The minimum atomic E-state index is -0.854. The van der Waals surface area contributed by atoms with E-state index in [2.05, 4.69) is 29.6 Å². The Hall–Kier alpha value is -2.80. The molecule has 7 heteroatoms. The number of anilines is 1. The Labute approximate surface area is 192 Å².